The molecule has 1 amide bonds. The van der Waals surface area contributed by atoms with E-state index in [1.165, 1.54) is 24.3 Å². The molecule has 0 bridgehead atoms. The number of thioether (sulfide) groups is 1. The summed E-state index contributed by atoms with van der Waals surface area (Å²) >= 11 is 2.02. The van der Waals surface area contributed by atoms with Crippen LogP contribution in [0, 0.1) is 5.92 Å². The van der Waals surface area contributed by atoms with E-state index in [1.54, 1.807) is 4.90 Å². The van der Waals surface area contributed by atoms with E-state index in [1.807, 2.05) is 25.9 Å². The molecule has 3 nitrogen and oxygen atoms in total. The molecule has 0 aromatic heterocycles. The van der Waals surface area contributed by atoms with Gasteiger partial charge in [0.05, 0.1) is 6.04 Å². The van der Waals surface area contributed by atoms with Crippen molar-refractivity contribution in [2.45, 2.75) is 45.2 Å². The summed E-state index contributed by atoms with van der Waals surface area (Å²) in [5.74, 6) is 3.22. The lowest BCUT2D eigenvalue weighted by Crippen LogP contribution is -2.49. The van der Waals surface area contributed by atoms with Gasteiger partial charge in [0.1, 0.15) is 0 Å². The minimum absolute atomic E-state index is 0.00176. The van der Waals surface area contributed by atoms with Crippen molar-refractivity contribution in [1.82, 2.24) is 10.2 Å². The number of nitrogens with one attached hydrogen (secondary N) is 1. The van der Waals surface area contributed by atoms with Crippen LogP contribution >= 0.6 is 11.8 Å². The van der Waals surface area contributed by atoms with Gasteiger partial charge in [0.15, 0.2) is 0 Å². The molecule has 0 aromatic carbocycles. The zero-order chi connectivity index (χ0) is 12.8. The number of amides is 1. The van der Waals surface area contributed by atoms with Gasteiger partial charge in [-0.1, -0.05) is 13.8 Å². The second kappa shape index (κ2) is 7.27. The van der Waals surface area contributed by atoms with Crippen molar-refractivity contribution in [3.05, 3.63) is 0 Å². The molecule has 1 aliphatic rings. The Hall–Kier alpha value is -0.220. The van der Waals surface area contributed by atoms with Gasteiger partial charge in [-0.05, 0) is 36.7 Å². The lowest BCUT2D eigenvalue weighted by molar-refractivity contribution is -0.131. The van der Waals surface area contributed by atoms with Crippen LogP contribution in [0.4, 0.5) is 0 Å². The third kappa shape index (κ3) is 5.30. The highest BCUT2D eigenvalue weighted by Gasteiger charge is 2.25. The quantitative estimate of drug-likeness (QED) is 0.818. The Morgan fingerprint density at radius 2 is 1.94 bits per heavy atom. The number of carbonyl (C=O) groups excluding carboxylic acids is 1. The maximum absolute atomic E-state index is 12.1. The lowest BCUT2D eigenvalue weighted by atomic mass is 10.0. The van der Waals surface area contributed by atoms with Crippen molar-refractivity contribution in [2.75, 3.05) is 25.6 Å². The van der Waals surface area contributed by atoms with E-state index in [2.05, 4.69) is 19.2 Å². The Kier molecular flexibility index (Phi) is 6.34. The third-order valence-electron chi connectivity index (χ3n) is 3.10. The van der Waals surface area contributed by atoms with Crippen LogP contribution in [0.2, 0.25) is 0 Å². The number of likely N-dealkylation sites (N-methyl/N-ethyl adjacent to an activating group) is 1. The average Bonchev–Trinajstić information content (AvgIpc) is 2.28. The molecule has 1 rings (SSSR count). The Balaban J connectivity index is 2.52. The Morgan fingerprint density at radius 3 is 2.41 bits per heavy atom. The van der Waals surface area contributed by atoms with Crippen molar-refractivity contribution in [3.8, 4) is 0 Å². The van der Waals surface area contributed by atoms with Crippen molar-refractivity contribution in [2.24, 2.45) is 5.92 Å². The molecule has 0 radical (unpaired) electrons. The molecule has 1 fully saturated rings. The zero-order valence-corrected chi connectivity index (χ0v) is 12.3. The van der Waals surface area contributed by atoms with Gasteiger partial charge in [-0.25, -0.2) is 0 Å². The van der Waals surface area contributed by atoms with Crippen molar-refractivity contribution < 1.29 is 4.79 Å². The zero-order valence-electron chi connectivity index (χ0n) is 11.5. The van der Waals surface area contributed by atoms with E-state index in [9.17, 15) is 4.79 Å². The fraction of sp³-hybridized carbons (Fsp3) is 0.923. The second-order valence-corrected chi connectivity index (χ2v) is 6.69. The molecule has 1 aliphatic heterocycles. The molecule has 17 heavy (non-hydrogen) atoms. The van der Waals surface area contributed by atoms with Crippen LogP contribution in [0.1, 0.15) is 33.1 Å². The van der Waals surface area contributed by atoms with Crippen LogP contribution in [0.25, 0.3) is 0 Å². The van der Waals surface area contributed by atoms with Crippen LogP contribution in [-0.4, -0.2) is 48.5 Å². The van der Waals surface area contributed by atoms with Crippen LogP contribution in [0.5, 0.6) is 0 Å². The number of hydrogen-bond acceptors (Lipinski definition) is 3. The highest BCUT2D eigenvalue weighted by molar-refractivity contribution is 7.99. The van der Waals surface area contributed by atoms with Gasteiger partial charge in [0.2, 0.25) is 5.91 Å². The summed E-state index contributed by atoms with van der Waals surface area (Å²) in [4.78, 5) is 13.8. The van der Waals surface area contributed by atoms with Crippen LogP contribution in [0.15, 0.2) is 0 Å². The topological polar surface area (TPSA) is 32.3 Å². The largest absolute Gasteiger partial charge is 0.347 e. The van der Waals surface area contributed by atoms with Crippen molar-refractivity contribution in [3.63, 3.8) is 0 Å². The van der Waals surface area contributed by atoms with Gasteiger partial charge in [0, 0.05) is 20.1 Å². The van der Waals surface area contributed by atoms with E-state index in [0.29, 0.717) is 12.0 Å². The molecule has 0 aliphatic carbocycles. The number of rotatable bonds is 5. The SMILES string of the molecule is CC(C)CC(NC1CCSCC1)C(=O)N(C)C. The third-order valence-corrected chi connectivity index (χ3v) is 4.15. The minimum atomic E-state index is -0.00176. The fourth-order valence-electron chi connectivity index (χ4n) is 2.17. The van der Waals surface area contributed by atoms with Crippen molar-refractivity contribution >= 4 is 17.7 Å². The van der Waals surface area contributed by atoms with E-state index in [0.717, 1.165) is 6.42 Å². The summed E-state index contributed by atoms with van der Waals surface area (Å²) in [6, 6.07) is 0.530. The maximum atomic E-state index is 12.1. The van der Waals surface area contributed by atoms with E-state index in [-0.39, 0.29) is 11.9 Å². The standard InChI is InChI=1S/C13H26N2OS/c1-10(2)9-12(13(16)15(3)4)14-11-5-7-17-8-6-11/h10-12,14H,5-9H2,1-4H3. The molecule has 0 saturated carbocycles. The van der Waals surface area contributed by atoms with Gasteiger partial charge >= 0.3 is 0 Å². The normalized spacial score (nSPS) is 19.4. The summed E-state index contributed by atoms with van der Waals surface area (Å²) in [6.45, 7) is 4.35. The summed E-state index contributed by atoms with van der Waals surface area (Å²) in [7, 11) is 3.68. The smallest absolute Gasteiger partial charge is 0.239 e. The van der Waals surface area contributed by atoms with Gasteiger partial charge in [-0.15, -0.1) is 0 Å². The molecule has 1 saturated heterocycles. The fourth-order valence-corrected chi connectivity index (χ4v) is 3.28. The van der Waals surface area contributed by atoms with Gasteiger partial charge in [-0.3, -0.25) is 4.79 Å². The minimum Gasteiger partial charge on any atom is -0.347 e. The molecule has 1 heterocycles. The molecular weight excluding hydrogens is 232 g/mol. The Labute approximate surface area is 110 Å². The summed E-state index contributed by atoms with van der Waals surface area (Å²) < 4.78 is 0. The summed E-state index contributed by atoms with van der Waals surface area (Å²) in [5, 5.41) is 3.56. The van der Waals surface area contributed by atoms with Crippen molar-refractivity contribution in [1.29, 1.82) is 0 Å². The first-order valence-electron chi connectivity index (χ1n) is 6.55. The average molecular weight is 258 g/mol. The van der Waals surface area contributed by atoms with Gasteiger partial charge < -0.3 is 10.2 Å². The Bertz CT molecular complexity index is 238. The first-order valence-corrected chi connectivity index (χ1v) is 7.71. The second-order valence-electron chi connectivity index (χ2n) is 5.47. The van der Waals surface area contributed by atoms with Crippen LogP contribution < -0.4 is 5.32 Å². The first-order chi connectivity index (χ1) is 8.00. The van der Waals surface area contributed by atoms with E-state index >= 15 is 0 Å². The summed E-state index contributed by atoms with van der Waals surface area (Å²) in [6.07, 6.45) is 3.32. The lowest BCUT2D eigenvalue weighted by Gasteiger charge is -2.30. The predicted molar refractivity (Wildman–Crippen MR) is 75.4 cm³/mol. The molecule has 4 heteroatoms. The highest BCUT2D eigenvalue weighted by atomic mass is 32.2. The number of carbonyl (C=O) groups is 1. The molecule has 1 atom stereocenters. The number of hydrogen-bond donors (Lipinski definition) is 1. The molecular formula is C13H26N2OS. The van der Waals surface area contributed by atoms with Gasteiger partial charge in [-0.2, -0.15) is 11.8 Å². The molecule has 1 N–H and O–H groups in total. The molecule has 0 spiro atoms. The Morgan fingerprint density at radius 1 is 1.35 bits per heavy atom. The van der Waals surface area contributed by atoms with Gasteiger partial charge in [0.25, 0.3) is 0 Å². The number of nitrogens with zero attached hydrogens (tertiary/aromatic N) is 1. The van der Waals surface area contributed by atoms with Crippen LogP contribution in [0.3, 0.4) is 0 Å². The monoisotopic (exact) mass is 258 g/mol. The highest BCUT2D eigenvalue weighted by Crippen LogP contribution is 2.18. The first kappa shape index (κ1) is 14.8. The predicted octanol–water partition coefficient (Wildman–Crippen LogP) is 1.97. The molecule has 1 unspecified atom stereocenters. The summed E-state index contributed by atoms with van der Waals surface area (Å²) in [5.41, 5.74) is 0. The van der Waals surface area contributed by atoms with Crippen LogP contribution in [-0.2, 0) is 4.79 Å². The van der Waals surface area contributed by atoms with E-state index in [4.69, 9.17) is 0 Å². The molecule has 100 valence electrons. The van der Waals surface area contributed by atoms with E-state index < -0.39 is 0 Å². The maximum Gasteiger partial charge on any atom is 0.239 e. The molecule has 0 aromatic rings.